The number of benzene rings is 1. The molecule has 2 nitrogen and oxygen atoms in total. The summed E-state index contributed by atoms with van der Waals surface area (Å²) >= 11 is 0. The molecule has 0 spiro atoms. The molecule has 0 N–H and O–H groups in total. The Hall–Kier alpha value is -0.860. The maximum atomic E-state index is 6.09. The van der Waals surface area contributed by atoms with Gasteiger partial charge in [0.1, 0.15) is 6.10 Å². The highest BCUT2D eigenvalue weighted by Gasteiger charge is 2.37. The zero-order valence-corrected chi connectivity index (χ0v) is 11.5. The van der Waals surface area contributed by atoms with Crippen molar-refractivity contribution in [2.75, 3.05) is 6.61 Å². The van der Waals surface area contributed by atoms with E-state index in [1.54, 1.807) is 0 Å². The van der Waals surface area contributed by atoms with Crippen LogP contribution in [-0.2, 0) is 9.47 Å². The molecule has 1 aromatic carbocycles. The molecule has 0 aliphatic carbocycles. The van der Waals surface area contributed by atoms with Crippen LogP contribution in [0.3, 0.4) is 0 Å². The zero-order valence-electron chi connectivity index (χ0n) is 11.5. The summed E-state index contributed by atoms with van der Waals surface area (Å²) in [4.78, 5) is 0. The van der Waals surface area contributed by atoms with Crippen LogP contribution in [0.15, 0.2) is 30.3 Å². The van der Waals surface area contributed by atoms with Crippen LogP contribution < -0.4 is 0 Å². The highest BCUT2D eigenvalue weighted by atomic mass is 16.7. The van der Waals surface area contributed by atoms with E-state index in [1.165, 1.54) is 31.2 Å². The molecule has 0 radical (unpaired) electrons. The van der Waals surface area contributed by atoms with Gasteiger partial charge in [-0.2, -0.15) is 0 Å². The monoisotopic (exact) mass is 248 g/mol. The smallest absolute Gasteiger partial charge is 0.166 e. The Labute approximate surface area is 110 Å². The first-order valence-electron chi connectivity index (χ1n) is 7.10. The van der Waals surface area contributed by atoms with E-state index in [0.29, 0.717) is 6.61 Å². The number of rotatable bonds is 6. The van der Waals surface area contributed by atoms with E-state index in [2.05, 4.69) is 38.1 Å². The number of ether oxygens (including phenoxy) is 2. The van der Waals surface area contributed by atoms with Crippen LogP contribution >= 0.6 is 0 Å². The van der Waals surface area contributed by atoms with Crippen LogP contribution in [0.2, 0.25) is 0 Å². The molecule has 0 unspecified atom stereocenters. The van der Waals surface area contributed by atoms with Gasteiger partial charge in [0.05, 0.1) is 6.61 Å². The highest BCUT2D eigenvalue weighted by molar-refractivity contribution is 5.18. The van der Waals surface area contributed by atoms with Crippen LogP contribution in [0.4, 0.5) is 0 Å². The van der Waals surface area contributed by atoms with Crippen LogP contribution in [-0.4, -0.2) is 12.4 Å². The molecule has 2 atom stereocenters. The third kappa shape index (κ3) is 3.56. The second-order valence-electron chi connectivity index (χ2n) is 5.27. The second kappa shape index (κ2) is 6.35. The maximum Gasteiger partial charge on any atom is 0.166 e. The summed E-state index contributed by atoms with van der Waals surface area (Å²) in [7, 11) is 0. The number of unbranched alkanes of at least 4 members (excludes halogenated alkanes) is 3. The van der Waals surface area contributed by atoms with E-state index >= 15 is 0 Å². The predicted molar refractivity (Wildman–Crippen MR) is 73.4 cm³/mol. The van der Waals surface area contributed by atoms with Crippen LogP contribution in [0.1, 0.15) is 57.6 Å². The maximum absolute atomic E-state index is 6.09. The normalized spacial score (nSPS) is 27.6. The van der Waals surface area contributed by atoms with Crippen LogP contribution in [0, 0.1) is 0 Å². The largest absolute Gasteiger partial charge is 0.347 e. The van der Waals surface area contributed by atoms with Gasteiger partial charge in [0.2, 0.25) is 0 Å². The minimum absolute atomic E-state index is 0.0994. The molecule has 0 amide bonds. The highest BCUT2D eigenvalue weighted by Crippen LogP contribution is 2.36. The van der Waals surface area contributed by atoms with Gasteiger partial charge in [-0.1, -0.05) is 56.5 Å². The lowest BCUT2D eigenvalue weighted by Crippen LogP contribution is -2.25. The molecule has 1 heterocycles. The van der Waals surface area contributed by atoms with Crippen molar-refractivity contribution >= 4 is 0 Å². The SMILES string of the molecule is CCCCCC[C@]1(C)OC[C@H](c2ccccc2)O1. The topological polar surface area (TPSA) is 18.5 Å². The third-order valence-corrected chi connectivity index (χ3v) is 3.59. The molecule has 1 aliphatic rings. The van der Waals surface area contributed by atoms with E-state index in [4.69, 9.17) is 9.47 Å². The molecular weight excluding hydrogens is 224 g/mol. The van der Waals surface area contributed by atoms with Crippen molar-refractivity contribution in [3.63, 3.8) is 0 Å². The lowest BCUT2D eigenvalue weighted by molar-refractivity contribution is -0.160. The summed E-state index contributed by atoms with van der Waals surface area (Å²) < 4.78 is 12.0. The van der Waals surface area contributed by atoms with E-state index in [-0.39, 0.29) is 11.9 Å². The van der Waals surface area contributed by atoms with Crippen molar-refractivity contribution in [3.05, 3.63) is 35.9 Å². The van der Waals surface area contributed by atoms with E-state index < -0.39 is 0 Å². The summed E-state index contributed by atoms with van der Waals surface area (Å²) in [5.41, 5.74) is 1.22. The first kappa shape index (κ1) is 13.6. The van der Waals surface area contributed by atoms with E-state index in [9.17, 15) is 0 Å². The Morgan fingerprint density at radius 1 is 1.17 bits per heavy atom. The minimum atomic E-state index is -0.381. The molecule has 0 bridgehead atoms. The quantitative estimate of drug-likeness (QED) is 0.692. The van der Waals surface area contributed by atoms with Crippen molar-refractivity contribution < 1.29 is 9.47 Å². The van der Waals surface area contributed by atoms with Crippen LogP contribution in [0.25, 0.3) is 0 Å². The molecular formula is C16H24O2. The van der Waals surface area contributed by atoms with Gasteiger partial charge < -0.3 is 9.47 Å². The molecule has 2 heteroatoms. The Morgan fingerprint density at radius 2 is 1.94 bits per heavy atom. The predicted octanol–water partition coefficient (Wildman–Crippen LogP) is 4.46. The fourth-order valence-electron chi connectivity index (χ4n) is 2.46. The fraction of sp³-hybridized carbons (Fsp3) is 0.625. The standard InChI is InChI=1S/C16H24O2/c1-3-4-5-9-12-16(2)17-13-15(18-16)14-10-7-6-8-11-14/h6-8,10-11,15H,3-5,9,12-13H2,1-2H3/t15-,16-/m1/s1. The summed E-state index contributed by atoms with van der Waals surface area (Å²) in [5.74, 6) is -0.381. The first-order chi connectivity index (χ1) is 8.73. The Morgan fingerprint density at radius 3 is 2.67 bits per heavy atom. The molecule has 1 aliphatic heterocycles. The van der Waals surface area contributed by atoms with Crippen molar-refractivity contribution in [1.29, 1.82) is 0 Å². The second-order valence-corrected chi connectivity index (χ2v) is 5.27. The first-order valence-corrected chi connectivity index (χ1v) is 7.10. The van der Waals surface area contributed by atoms with Crippen molar-refractivity contribution in [2.45, 2.75) is 57.8 Å². The van der Waals surface area contributed by atoms with Gasteiger partial charge in [-0.3, -0.25) is 0 Å². The molecule has 0 saturated carbocycles. The Kier molecular flexibility index (Phi) is 4.79. The van der Waals surface area contributed by atoms with Gasteiger partial charge in [-0.15, -0.1) is 0 Å². The molecule has 1 fully saturated rings. The van der Waals surface area contributed by atoms with Gasteiger partial charge in [-0.05, 0) is 18.9 Å². The molecule has 1 aromatic rings. The average Bonchev–Trinajstić information content (AvgIpc) is 2.79. The lowest BCUT2D eigenvalue weighted by atomic mass is 10.1. The molecule has 18 heavy (non-hydrogen) atoms. The summed E-state index contributed by atoms with van der Waals surface area (Å²) in [6, 6.07) is 10.3. The number of hydrogen-bond acceptors (Lipinski definition) is 2. The third-order valence-electron chi connectivity index (χ3n) is 3.59. The van der Waals surface area contributed by atoms with E-state index in [1.807, 2.05) is 6.07 Å². The molecule has 1 saturated heterocycles. The number of hydrogen-bond donors (Lipinski definition) is 0. The molecule has 100 valence electrons. The van der Waals surface area contributed by atoms with Gasteiger partial charge in [-0.25, -0.2) is 0 Å². The van der Waals surface area contributed by atoms with Gasteiger partial charge in [0, 0.05) is 6.42 Å². The summed E-state index contributed by atoms with van der Waals surface area (Å²) in [6.45, 7) is 4.98. The van der Waals surface area contributed by atoms with Crippen molar-refractivity contribution in [1.82, 2.24) is 0 Å². The van der Waals surface area contributed by atoms with E-state index in [0.717, 1.165) is 6.42 Å². The van der Waals surface area contributed by atoms with Gasteiger partial charge in [0.15, 0.2) is 5.79 Å². The molecule has 2 rings (SSSR count). The fourth-order valence-corrected chi connectivity index (χ4v) is 2.46. The van der Waals surface area contributed by atoms with Gasteiger partial charge >= 0.3 is 0 Å². The average molecular weight is 248 g/mol. The van der Waals surface area contributed by atoms with Crippen molar-refractivity contribution in [3.8, 4) is 0 Å². The summed E-state index contributed by atoms with van der Waals surface area (Å²) in [6.07, 6.45) is 6.13. The zero-order chi connectivity index (χ0) is 12.8. The minimum Gasteiger partial charge on any atom is -0.347 e. The lowest BCUT2D eigenvalue weighted by Gasteiger charge is -2.23. The molecule has 0 aromatic heterocycles. The van der Waals surface area contributed by atoms with Crippen molar-refractivity contribution in [2.24, 2.45) is 0 Å². The van der Waals surface area contributed by atoms with Crippen LogP contribution in [0.5, 0.6) is 0 Å². The Bertz CT molecular complexity index is 349. The Balaban J connectivity index is 1.83. The summed E-state index contributed by atoms with van der Waals surface area (Å²) in [5, 5.41) is 0. The van der Waals surface area contributed by atoms with Gasteiger partial charge in [0.25, 0.3) is 0 Å².